The number of nitrogens with two attached hydrogens (primary N) is 1. The normalized spacial score (nSPS) is 11.3. The molecule has 0 aliphatic heterocycles. The molecule has 0 amide bonds. The highest BCUT2D eigenvalue weighted by atomic mass is 35.5. The molecule has 0 aliphatic rings. The molecule has 0 spiro atoms. The maximum atomic E-state index is 11.9. The summed E-state index contributed by atoms with van der Waals surface area (Å²) in [5.74, 6) is -0.442. The van der Waals surface area contributed by atoms with E-state index in [-0.39, 0.29) is 0 Å². The van der Waals surface area contributed by atoms with Gasteiger partial charge in [0.2, 0.25) is 0 Å². The summed E-state index contributed by atoms with van der Waals surface area (Å²) in [6, 6.07) is 3.27. The molecule has 1 aromatic carbocycles. The SMILES string of the molecule is Cc1c(N)ccc(Cl)c1C(=O)OC(C)(C)C. The van der Waals surface area contributed by atoms with Crippen molar-refractivity contribution in [2.45, 2.75) is 33.3 Å². The van der Waals surface area contributed by atoms with E-state index in [1.54, 1.807) is 39.8 Å². The number of carbonyl (C=O) groups excluding carboxylic acids is 1. The minimum Gasteiger partial charge on any atom is -0.456 e. The Labute approximate surface area is 101 Å². The van der Waals surface area contributed by atoms with Gasteiger partial charge in [-0.05, 0) is 45.4 Å². The van der Waals surface area contributed by atoms with Crippen LogP contribution in [0.2, 0.25) is 5.02 Å². The van der Waals surface area contributed by atoms with Crippen LogP contribution in [0.25, 0.3) is 0 Å². The van der Waals surface area contributed by atoms with Crippen molar-refractivity contribution in [1.29, 1.82) is 0 Å². The molecule has 4 heteroatoms. The first-order valence-electron chi connectivity index (χ1n) is 5.00. The maximum absolute atomic E-state index is 11.9. The van der Waals surface area contributed by atoms with E-state index in [1.165, 1.54) is 0 Å². The van der Waals surface area contributed by atoms with Gasteiger partial charge in [-0.15, -0.1) is 0 Å². The Morgan fingerprint density at radius 2 is 1.94 bits per heavy atom. The number of hydrogen-bond donors (Lipinski definition) is 1. The van der Waals surface area contributed by atoms with Crippen LogP contribution < -0.4 is 5.73 Å². The molecule has 0 atom stereocenters. The fourth-order valence-electron chi connectivity index (χ4n) is 1.27. The topological polar surface area (TPSA) is 52.3 Å². The van der Waals surface area contributed by atoms with Crippen LogP contribution in [0.1, 0.15) is 36.7 Å². The van der Waals surface area contributed by atoms with Crippen LogP contribution in [0.15, 0.2) is 12.1 Å². The Hall–Kier alpha value is -1.22. The van der Waals surface area contributed by atoms with Gasteiger partial charge < -0.3 is 10.5 Å². The smallest absolute Gasteiger partial charge is 0.340 e. The van der Waals surface area contributed by atoms with Crippen molar-refractivity contribution < 1.29 is 9.53 Å². The second-order valence-corrected chi connectivity index (χ2v) is 5.05. The van der Waals surface area contributed by atoms with Gasteiger partial charge in [0.25, 0.3) is 0 Å². The average Bonchev–Trinajstić information content (AvgIpc) is 2.09. The van der Waals surface area contributed by atoms with E-state index < -0.39 is 11.6 Å². The zero-order valence-electron chi connectivity index (χ0n) is 9.93. The third-order valence-electron chi connectivity index (χ3n) is 2.06. The van der Waals surface area contributed by atoms with Gasteiger partial charge in [0, 0.05) is 5.69 Å². The highest BCUT2D eigenvalue weighted by Crippen LogP contribution is 2.26. The van der Waals surface area contributed by atoms with Crippen LogP contribution in [0.4, 0.5) is 5.69 Å². The van der Waals surface area contributed by atoms with E-state index >= 15 is 0 Å². The van der Waals surface area contributed by atoms with Crippen molar-refractivity contribution in [3.05, 3.63) is 28.3 Å². The summed E-state index contributed by atoms with van der Waals surface area (Å²) < 4.78 is 5.26. The van der Waals surface area contributed by atoms with Gasteiger partial charge in [-0.25, -0.2) is 4.79 Å². The predicted molar refractivity (Wildman–Crippen MR) is 65.8 cm³/mol. The lowest BCUT2D eigenvalue weighted by atomic mass is 10.1. The lowest BCUT2D eigenvalue weighted by Crippen LogP contribution is -2.24. The Kier molecular flexibility index (Phi) is 3.48. The van der Waals surface area contributed by atoms with E-state index in [4.69, 9.17) is 22.1 Å². The number of rotatable bonds is 1. The van der Waals surface area contributed by atoms with Gasteiger partial charge in [-0.2, -0.15) is 0 Å². The molecule has 0 unspecified atom stereocenters. The molecule has 0 saturated heterocycles. The van der Waals surface area contributed by atoms with Crippen LogP contribution in [0.5, 0.6) is 0 Å². The van der Waals surface area contributed by atoms with Crippen LogP contribution in [-0.4, -0.2) is 11.6 Å². The van der Waals surface area contributed by atoms with Crippen molar-refractivity contribution in [3.63, 3.8) is 0 Å². The van der Waals surface area contributed by atoms with Gasteiger partial charge in [0.05, 0.1) is 10.6 Å². The number of ether oxygens (including phenoxy) is 1. The summed E-state index contributed by atoms with van der Waals surface area (Å²) in [6.45, 7) is 7.17. The molecule has 16 heavy (non-hydrogen) atoms. The quantitative estimate of drug-likeness (QED) is 0.607. The molecule has 0 saturated carbocycles. The molecule has 88 valence electrons. The summed E-state index contributed by atoms with van der Waals surface area (Å²) in [4.78, 5) is 11.9. The minimum atomic E-state index is -0.544. The number of benzene rings is 1. The molecular weight excluding hydrogens is 226 g/mol. The van der Waals surface area contributed by atoms with Gasteiger partial charge in [0.1, 0.15) is 5.60 Å². The van der Waals surface area contributed by atoms with Crippen LogP contribution in [0.3, 0.4) is 0 Å². The van der Waals surface area contributed by atoms with Crippen LogP contribution in [-0.2, 0) is 4.74 Å². The molecule has 2 N–H and O–H groups in total. The van der Waals surface area contributed by atoms with Crippen molar-refractivity contribution in [2.24, 2.45) is 0 Å². The van der Waals surface area contributed by atoms with E-state index in [0.29, 0.717) is 21.8 Å². The van der Waals surface area contributed by atoms with Gasteiger partial charge in [-0.3, -0.25) is 0 Å². The summed E-state index contributed by atoms with van der Waals surface area (Å²) in [5, 5.41) is 0.362. The summed E-state index contributed by atoms with van der Waals surface area (Å²) in [5.41, 5.74) is 6.71. The molecular formula is C12H16ClNO2. The molecule has 1 aromatic rings. The lowest BCUT2D eigenvalue weighted by Gasteiger charge is -2.21. The lowest BCUT2D eigenvalue weighted by molar-refractivity contribution is 0.00691. The number of carbonyl (C=O) groups is 1. The fourth-order valence-corrected chi connectivity index (χ4v) is 1.56. The number of nitrogen functional groups attached to an aromatic ring is 1. The van der Waals surface area contributed by atoms with Crippen LogP contribution >= 0.6 is 11.6 Å². The standard InChI is InChI=1S/C12H16ClNO2/c1-7-9(14)6-5-8(13)10(7)11(15)16-12(2,3)4/h5-6H,14H2,1-4H3. The summed E-state index contributed by atoms with van der Waals surface area (Å²) >= 11 is 5.97. The fraction of sp³-hybridized carbons (Fsp3) is 0.417. The van der Waals surface area contributed by atoms with Gasteiger partial charge in [-0.1, -0.05) is 11.6 Å². The molecule has 0 heterocycles. The highest BCUT2D eigenvalue weighted by molar-refractivity contribution is 6.34. The molecule has 1 rings (SSSR count). The van der Waals surface area contributed by atoms with Crippen LogP contribution in [0, 0.1) is 6.92 Å². The van der Waals surface area contributed by atoms with E-state index in [0.717, 1.165) is 0 Å². The minimum absolute atomic E-state index is 0.344. The zero-order chi connectivity index (χ0) is 12.5. The Bertz CT molecular complexity index is 422. The number of halogens is 1. The second-order valence-electron chi connectivity index (χ2n) is 4.64. The summed E-state index contributed by atoms with van der Waals surface area (Å²) in [6.07, 6.45) is 0. The van der Waals surface area contributed by atoms with Gasteiger partial charge >= 0.3 is 5.97 Å². The highest BCUT2D eigenvalue weighted by Gasteiger charge is 2.22. The van der Waals surface area contributed by atoms with Gasteiger partial charge in [0.15, 0.2) is 0 Å². The number of esters is 1. The number of hydrogen-bond acceptors (Lipinski definition) is 3. The zero-order valence-corrected chi connectivity index (χ0v) is 10.7. The average molecular weight is 242 g/mol. The Balaban J connectivity index is 3.14. The van der Waals surface area contributed by atoms with Crippen molar-refractivity contribution >= 4 is 23.3 Å². The van der Waals surface area contributed by atoms with E-state index in [1.807, 2.05) is 0 Å². The molecule has 0 fully saturated rings. The molecule has 3 nitrogen and oxygen atoms in total. The molecule has 0 radical (unpaired) electrons. The molecule has 0 aromatic heterocycles. The third kappa shape index (κ3) is 2.89. The molecule has 0 aliphatic carbocycles. The molecule has 0 bridgehead atoms. The van der Waals surface area contributed by atoms with Crippen molar-refractivity contribution in [2.75, 3.05) is 5.73 Å². The first-order chi connectivity index (χ1) is 7.22. The van der Waals surface area contributed by atoms with Crippen molar-refractivity contribution in [3.8, 4) is 0 Å². The summed E-state index contributed by atoms with van der Waals surface area (Å²) in [7, 11) is 0. The predicted octanol–water partition coefficient (Wildman–Crippen LogP) is 3.19. The van der Waals surface area contributed by atoms with E-state index in [2.05, 4.69) is 0 Å². The largest absolute Gasteiger partial charge is 0.456 e. The van der Waals surface area contributed by atoms with E-state index in [9.17, 15) is 4.79 Å². The first-order valence-corrected chi connectivity index (χ1v) is 5.38. The second kappa shape index (κ2) is 4.34. The first kappa shape index (κ1) is 12.8. The number of anilines is 1. The third-order valence-corrected chi connectivity index (χ3v) is 2.37. The van der Waals surface area contributed by atoms with Crippen molar-refractivity contribution in [1.82, 2.24) is 0 Å². The maximum Gasteiger partial charge on any atom is 0.340 e. The Morgan fingerprint density at radius 1 is 1.38 bits per heavy atom. The monoisotopic (exact) mass is 241 g/mol. The Morgan fingerprint density at radius 3 is 2.44 bits per heavy atom.